The summed E-state index contributed by atoms with van der Waals surface area (Å²) in [6.07, 6.45) is -0.118. The minimum Gasteiger partial charge on any atom is -0.484 e. The molecular weight excluding hydrogens is 466 g/mol. The van der Waals surface area contributed by atoms with Crippen molar-refractivity contribution in [2.24, 2.45) is 4.99 Å². The highest BCUT2D eigenvalue weighted by molar-refractivity contribution is 14.0. The molecule has 2 N–H and O–H groups in total. The number of nitrogens with one attached hydrogen (secondary N) is 2. The van der Waals surface area contributed by atoms with Gasteiger partial charge in [0.25, 0.3) is 0 Å². The lowest BCUT2D eigenvalue weighted by atomic mass is 10.2. The van der Waals surface area contributed by atoms with Gasteiger partial charge in [0.1, 0.15) is 5.75 Å². The van der Waals surface area contributed by atoms with Gasteiger partial charge in [-0.15, -0.1) is 24.0 Å². The Hall–Kier alpha value is -0.840. The van der Waals surface area contributed by atoms with E-state index >= 15 is 0 Å². The third kappa shape index (κ3) is 11.4. The molecule has 0 unspecified atom stereocenters. The lowest BCUT2D eigenvalue weighted by molar-refractivity contribution is -0.153. The monoisotopic (exact) mass is 491 g/mol. The van der Waals surface area contributed by atoms with Crippen LogP contribution in [-0.2, 0) is 6.54 Å². The number of hydrogen-bond acceptors (Lipinski definition) is 3. The number of benzene rings is 1. The SMILES string of the molecule is CN=C(NCCCCSC)NCc1ccccc1OCC(F)(F)F.I. The van der Waals surface area contributed by atoms with E-state index in [0.29, 0.717) is 18.1 Å². The molecule has 4 nitrogen and oxygen atoms in total. The number of rotatable bonds is 9. The minimum atomic E-state index is -4.35. The van der Waals surface area contributed by atoms with Gasteiger partial charge in [-0.1, -0.05) is 18.2 Å². The number of guanidine groups is 1. The molecule has 0 saturated carbocycles. The van der Waals surface area contributed by atoms with Crippen molar-refractivity contribution in [3.05, 3.63) is 29.8 Å². The fourth-order valence-corrected chi connectivity index (χ4v) is 2.42. The van der Waals surface area contributed by atoms with E-state index in [2.05, 4.69) is 21.9 Å². The van der Waals surface area contributed by atoms with E-state index in [1.54, 1.807) is 25.2 Å². The summed E-state index contributed by atoms with van der Waals surface area (Å²) in [5.74, 6) is 1.96. The summed E-state index contributed by atoms with van der Waals surface area (Å²) in [7, 11) is 1.66. The molecule has 0 saturated heterocycles. The standard InChI is InChI=1S/C16H24F3N3OS.HI/c1-20-15(21-9-5-6-10-24-2)22-11-13-7-3-4-8-14(13)23-12-16(17,18)19;/h3-4,7-8H,5-6,9-12H2,1-2H3,(H2,20,21,22);1H. The fourth-order valence-electron chi connectivity index (χ4n) is 1.93. The molecule has 144 valence electrons. The van der Waals surface area contributed by atoms with Crippen LogP contribution in [0.2, 0.25) is 0 Å². The Balaban J connectivity index is 0.00000576. The van der Waals surface area contributed by atoms with Gasteiger partial charge in [-0.25, -0.2) is 0 Å². The summed E-state index contributed by atoms with van der Waals surface area (Å²) in [5.41, 5.74) is 0.645. The number of aliphatic imine (C=N–C) groups is 1. The molecule has 1 rings (SSSR count). The zero-order valence-electron chi connectivity index (χ0n) is 14.4. The quantitative estimate of drug-likeness (QED) is 0.237. The molecule has 0 radical (unpaired) electrons. The van der Waals surface area contributed by atoms with Gasteiger partial charge in [0, 0.05) is 25.7 Å². The van der Waals surface area contributed by atoms with Crippen LogP contribution in [0.4, 0.5) is 13.2 Å². The van der Waals surface area contributed by atoms with Gasteiger partial charge in [0.05, 0.1) is 0 Å². The zero-order chi connectivity index (χ0) is 17.8. The molecule has 0 fully saturated rings. The first-order valence-corrected chi connectivity index (χ1v) is 9.06. The van der Waals surface area contributed by atoms with Crippen molar-refractivity contribution < 1.29 is 17.9 Å². The maximum atomic E-state index is 12.3. The summed E-state index contributed by atoms with van der Waals surface area (Å²) < 4.78 is 41.8. The van der Waals surface area contributed by atoms with Crippen LogP contribution in [0.5, 0.6) is 5.75 Å². The predicted octanol–water partition coefficient (Wildman–Crippen LogP) is 4.05. The van der Waals surface area contributed by atoms with Crippen LogP contribution < -0.4 is 15.4 Å². The molecule has 0 atom stereocenters. The van der Waals surface area contributed by atoms with Gasteiger partial charge in [-0.3, -0.25) is 4.99 Å². The molecule has 0 amide bonds. The number of para-hydroxylation sites is 1. The van der Waals surface area contributed by atoms with Crippen molar-refractivity contribution in [2.45, 2.75) is 25.6 Å². The Morgan fingerprint density at radius 2 is 1.92 bits per heavy atom. The van der Waals surface area contributed by atoms with Crippen LogP contribution in [0.3, 0.4) is 0 Å². The Labute approximate surface area is 168 Å². The van der Waals surface area contributed by atoms with Crippen molar-refractivity contribution >= 4 is 41.7 Å². The number of alkyl halides is 3. The average Bonchev–Trinajstić information content (AvgIpc) is 2.55. The van der Waals surface area contributed by atoms with Gasteiger partial charge >= 0.3 is 6.18 Å². The summed E-state index contributed by atoms with van der Waals surface area (Å²) in [6.45, 7) is -0.169. The van der Waals surface area contributed by atoms with Crippen LogP contribution >= 0.6 is 35.7 Å². The summed E-state index contributed by atoms with van der Waals surface area (Å²) >= 11 is 1.81. The van der Waals surface area contributed by atoms with Gasteiger partial charge in [-0.05, 0) is 30.9 Å². The molecule has 0 aliphatic carbocycles. The first kappa shape index (κ1) is 24.2. The van der Waals surface area contributed by atoms with E-state index in [1.165, 1.54) is 6.07 Å². The Morgan fingerprint density at radius 1 is 1.20 bits per heavy atom. The molecule has 0 heterocycles. The maximum Gasteiger partial charge on any atom is 0.422 e. The molecule has 9 heteroatoms. The van der Waals surface area contributed by atoms with Gasteiger partial charge in [0.15, 0.2) is 12.6 Å². The second kappa shape index (κ2) is 13.4. The van der Waals surface area contributed by atoms with E-state index in [1.807, 2.05) is 11.8 Å². The topological polar surface area (TPSA) is 45.7 Å². The first-order valence-electron chi connectivity index (χ1n) is 7.67. The van der Waals surface area contributed by atoms with E-state index in [4.69, 9.17) is 4.74 Å². The molecular formula is C16H25F3IN3OS. The second-order valence-electron chi connectivity index (χ2n) is 5.06. The Bertz CT molecular complexity index is 516. The predicted molar refractivity (Wildman–Crippen MR) is 109 cm³/mol. The third-order valence-electron chi connectivity index (χ3n) is 3.10. The van der Waals surface area contributed by atoms with Crippen molar-refractivity contribution in [2.75, 3.05) is 32.2 Å². The number of halogens is 4. The average molecular weight is 491 g/mol. The number of thioether (sulfide) groups is 1. The molecule has 1 aromatic carbocycles. The highest BCUT2D eigenvalue weighted by Gasteiger charge is 2.28. The van der Waals surface area contributed by atoms with Crippen molar-refractivity contribution in [3.8, 4) is 5.75 Å². The van der Waals surface area contributed by atoms with E-state index in [-0.39, 0.29) is 29.7 Å². The molecule has 25 heavy (non-hydrogen) atoms. The van der Waals surface area contributed by atoms with E-state index in [0.717, 1.165) is 25.1 Å². The minimum absolute atomic E-state index is 0. The van der Waals surface area contributed by atoms with Crippen molar-refractivity contribution in [1.29, 1.82) is 0 Å². The molecule has 0 bridgehead atoms. The van der Waals surface area contributed by atoms with E-state index in [9.17, 15) is 13.2 Å². The lowest BCUT2D eigenvalue weighted by Crippen LogP contribution is -2.37. The molecule has 0 aliphatic heterocycles. The van der Waals surface area contributed by atoms with Gasteiger partial charge in [0.2, 0.25) is 0 Å². The highest BCUT2D eigenvalue weighted by atomic mass is 127. The van der Waals surface area contributed by atoms with Crippen LogP contribution in [-0.4, -0.2) is 44.3 Å². The number of hydrogen-bond donors (Lipinski definition) is 2. The van der Waals surface area contributed by atoms with Gasteiger partial charge < -0.3 is 15.4 Å². The smallest absolute Gasteiger partial charge is 0.422 e. The summed E-state index contributed by atoms with van der Waals surface area (Å²) in [5, 5.41) is 6.27. The van der Waals surface area contributed by atoms with Crippen molar-refractivity contribution in [3.63, 3.8) is 0 Å². The zero-order valence-corrected chi connectivity index (χ0v) is 17.5. The van der Waals surface area contributed by atoms with E-state index < -0.39 is 12.8 Å². The summed E-state index contributed by atoms with van der Waals surface area (Å²) in [4.78, 5) is 4.10. The fraction of sp³-hybridized carbons (Fsp3) is 0.562. The highest BCUT2D eigenvalue weighted by Crippen LogP contribution is 2.22. The third-order valence-corrected chi connectivity index (χ3v) is 3.80. The van der Waals surface area contributed by atoms with Crippen LogP contribution in [0, 0.1) is 0 Å². The maximum absolute atomic E-state index is 12.3. The Morgan fingerprint density at radius 3 is 2.56 bits per heavy atom. The molecule has 0 spiro atoms. The second-order valence-corrected chi connectivity index (χ2v) is 6.05. The number of unbranched alkanes of at least 4 members (excludes halogenated alkanes) is 1. The van der Waals surface area contributed by atoms with Crippen LogP contribution in [0.1, 0.15) is 18.4 Å². The number of ether oxygens (including phenoxy) is 1. The molecule has 1 aromatic rings. The number of nitrogens with zero attached hydrogens (tertiary/aromatic N) is 1. The van der Waals surface area contributed by atoms with Crippen LogP contribution in [0.15, 0.2) is 29.3 Å². The Kier molecular flexibility index (Phi) is 12.9. The molecule has 0 aromatic heterocycles. The van der Waals surface area contributed by atoms with Gasteiger partial charge in [-0.2, -0.15) is 24.9 Å². The largest absolute Gasteiger partial charge is 0.484 e. The summed E-state index contributed by atoms with van der Waals surface area (Å²) in [6, 6.07) is 6.66. The first-order chi connectivity index (χ1) is 11.5. The lowest BCUT2D eigenvalue weighted by Gasteiger charge is -2.15. The van der Waals surface area contributed by atoms with Crippen molar-refractivity contribution in [1.82, 2.24) is 10.6 Å². The molecule has 0 aliphatic rings. The van der Waals surface area contributed by atoms with Crippen LogP contribution in [0.25, 0.3) is 0 Å². The normalized spacial score (nSPS) is 11.6.